The Labute approximate surface area is 86.0 Å². The molecule has 0 radical (unpaired) electrons. The van der Waals surface area contributed by atoms with Crippen LogP contribution in [-0.4, -0.2) is 11.8 Å². The molecular weight excluding hydrogens is 250 g/mol. The highest BCUT2D eigenvalue weighted by molar-refractivity contribution is 6.36. The Morgan fingerprint density at radius 1 is 1.29 bits per heavy atom. The van der Waals surface area contributed by atoms with E-state index >= 15 is 0 Å². The van der Waals surface area contributed by atoms with Gasteiger partial charge in [-0.15, -0.1) is 0 Å². The summed E-state index contributed by atoms with van der Waals surface area (Å²) in [7, 11) is 0. The number of halogens is 7. The van der Waals surface area contributed by atoms with E-state index in [1.165, 1.54) is 0 Å². The van der Waals surface area contributed by atoms with E-state index in [1.54, 1.807) is 0 Å². The summed E-state index contributed by atoms with van der Waals surface area (Å²) in [5, 5.41) is -2.15. The normalized spacial score (nSPS) is 29.2. The standard InChI is InChI=1S/C7H3Cl2F5/c8-3-1-2-6(11,7(12,13)14)5(9)4(3)10/h1H,2H2. The summed E-state index contributed by atoms with van der Waals surface area (Å²) in [6.45, 7) is 0. The molecule has 1 rings (SSSR count). The zero-order chi connectivity index (χ0) is 11.1. The van der Waals surface area contributed by atoms with Gasteiger partial charge in [0.25, 0.3) is 0 Å². The van der Waals surface area contributed by atoms with Crippen molar-refractivity contribution in [3.8, 4) is 0 Å². The van der Waals surface area contributed by atoms with E-state index in [9.17, 15) is 22.0 Å². The number of alkyl halides is 4. The molecule has 0 saturated heterocycles. The van der Waals surface area contributed by atoms with Crippen LogP contribution in [-0.2, 0) is 0 Å². The Hall–Kier alpha value is -0.290. The second kappa shape index (κ2) is 3.38. The second-order valence-corrected chi connectivity index (χ2v) is 3.47. The lowest BCUT2D eigenvalue weighted by Crippen LogP contribution is -2.42. The Bertz CT molecular complexity index is 317. The van der Waals surface area contributed by atoms with Crippen LogP contribution in [0.2, 0.25) is 0 Å². The molecule has 0 aromatic heterocycles. The quantitative estimate of drug-likeness (QED) is 0.567. The minimum atomic E-state index is -5.25. The van der Waals surface area contributed by atoms with Crippen molar-refractivity contribution < 1.29 is 22.0 Å². The third-order valence-electron chi connectivity index (χ3n) is 1.76. The van der Waals surface area contributed by atoms with E-state index in [1.807, 2.05) is 0 Å². The maximum absolute atomic E-state index is 13.2. The number of rotatable bonds is 0. The molecule has 0 nitrogen and oxygen atoms in total. The Morgan fingerprint density at radius 3 is 2.21 bits per heavy atom. The molecule has 0 saturated carbocycles. The first-order chi connectivity index (χ1) is 6.20. The van der Waals surface area contributed by atoms with E-state index in [2.05, 4.69) is 0 Å². The summed E-state index contributed by atoms with van der Waals surface area (Å²) in [4.78, 5) is 0. The lowest BCUT2D eigenvalue weighted by atomic mass is 9.96. The largest absolute Gasteiger partial charge is 0.428 e. The van der Waals surface area contributed by atoms with Gasteiger partial charge in [-0.2, -0.15) is 13.2 Å². The molecular formula is C7H3Cl2F5. The summed E-state index contributed by atoms with van der Waals surface area (Å²) in [6, 6.07) is 0. The molecule has 0 aromatic rings. The van der Waals surface area contributed by atoms with Crippen LogP contribution in [0.1, 0.15) is 6.42 Å². The fourth-order valence-electron chi connectivity index (χ4n) is 0.928. The average molecular weight is 253 g/mol. The van der Waals surface area contributed by atoms with E-state index in [0.717, 1.165) is 0 Å². The average Bonchev–Trinajstić information content (AvgIpc) is 2.06. The van der Waals surface area contributed by atoms with E-state index < -0.39 is 34.2 Å². The minimum Gasteiger partial charge on any atom is -0.227 e. The SMILES string of the molecule is FC1=C(Cl)C(F)(C(F)(F)F)CC=C1Cl. The van der Waals surface area contributed by atoms with Crippen LogP contribution in [0.4, 0.5) is 22.0 Å². The molecule has 1 atom stereocenters. The zero-order valence-corrected chi connectivity index (χ0v) is 7.94. The Balaban J connectivity index is 3.21. The molecule has 1 unspecified atom stereocenters. The van der Waals surface area contributed by atoms with Gasteiger partial charge in [-0.25, -0.2) is 8.78 Å². The Morgan fingerprint density at radius 2 is 1.79 bits per heavy atom. The highest BCUT2D eigenvalue weighted by Crippen LogP contribution is 2.49. The van der Waals surface area contributed by atoms with Gasteiger partial charge >= 0.3 is 6.18 Å². The van der Waals surface area contributed by atoms with Gasteiger partial charge in [0, 0.05) is 6.42 Å². The van der Waals surface area contributed by atoms with Gasteiger partial charge in [-0.05, 0) is 0 Å². The Kier molecular flexibility index (Phi) is 2.84. The fraction of sp³-hybridized carbons (Fsp3) is 0.429. The van der Waals surface area contributed by atoms with Crippen molar-refractivity contribution >= 4 is 23.2 Å². The van der Waals surface area contributed by atoms with Crippen molar-refractivity contribution in [3.05, 3.63) is 22.0 Å². The molecule has 0 bridgehead atoms. The summed E-state index contributed by atoms with van der Waals surface area (Å²) in [5.74, 6) is -1.57. The van der Waals surface area contributed by atoms with Crippen LogP contribution in [0.3, 0.4) is 0 Å². The van der Waals surface area contributed by atoms with Crippen LogP contribution < -0.4 is 0 Å². The summed E-state index contributed by atoms with van der Waals surface area (Å²) in [5.41, 5.74) is -3.86. The zero-order valence-electron chi connectivity index (χ0n) is 6.43. The molecule has 80 valence electrons. The predicted octanol–water partition coefficient (Wildman–Crippen LogP) is 4.20. The molecule has 0 aromatic carbocycles. The molecule has 1 aliphatic carbocycles. The summed E-state index contributed by atoms with van der Waals surface area (Å²) in [6.07, 6.45) is -5.76. The lowest BCUT2D eigenvalue weighted by molar-refractivity contribution is -0.213. The number of hydrogen-bond donors (Lipinski definition) is 0. The molecule has 14 heavy (non-hydrogen) atoms. The molecule has 0 heterocycles. The maximum Gasteiger partial charge on any atom is 0.428 e. The van der Waals surface area contributed by atoms with E-state index in [0.29, 0.717) is 6.08 Å². The van der Waals surface area contributed by atoms with Gasteiger partial charge in [0.05, 0.1) is 5.03 Å². The van der Waals surface area contributed by atoms with Crippen LogP contribution >= 0.6 is 23.2 Å². The number of allylic oxidation sites excluding steroid dienone is 4. The van der Waals surface area contributed by atoms with Crippen molar-refractivity contribution in [2.45, 2.75) is 18.3 Å². The van der Waals surface area contributed by atoms with Crippen LogP contribution in [0, 0.1) is 0 Å². The lowest BCUT2D eigenvalue weighted by Gasteiger charge is -2.28. The fourth-order valence-corrected chi connectivity index (χ4v) is 1.43. The van der Waals surface area contributed by atoms with E-state index in [4.69, 9.17) is 23.2 Å². The first-order valence-electron chi connectivity index (χ1n) is 3.37. The molecule has 0 fully saturated rings. The monoisotopic (exact) mass is 252 g/mol. The molecule has 0 spiro atoms. The highest BCUT2D eigenvalue weighted by atomic mass is 35.5. The molecule has 0 amide bonds. The van der Waals surface area contributed by atoms with Gasteiger partial charge < -0.3 is 0 Å². The first kappa shape index (κ1) is 11.8. The van der Waals surface area contributed by atoms with E-state index in [-0.39, 0.29) is 0 Å². The summed E-state index contributed by atoms with van der Waals surface area (Å²) >= 11 is 10.1. The van der Waals surface area contributed by atoms with Crippen molar-refractivity contribution in [3.63, 3.8) is 0 Å². The molecule has 0 aliphatic heterocycles. The maximum atomic E-state index is 13.2. The molecule has 0 N–H and O–H groups in total. The second-order valence-electron chi connectivity index (χ2n) is 2.68. The van der Waals surface area contributed by atoms with Crippen molar-refractivity contribution in [2.24, 2.45) is 0 Å². The molecule has 7 heteroatoms. The van der Waals surface area contributed by atoms with Crippen LogP contribution in [0.15, 0.2) is 22.0 Å². The highest BCUT2D eigenvalue weighted by Gasteiger charge is 2.60. The van der Waals surface area contributed by atoms with Gasteiger partial charge in [0.15, 0.2) is 5.83 Å². The van der Waals surface area contributed by atoms with Crippen LogP contribution in [0.25, 0.3) is 0 Å². The van der Waals surface area contributed by atoms with Crippen molar-refractivity contribution in [2.75, 3.05) is 0 Å². The van der Waals surface area contributed by atoms with Crippen molar-refractivity contribution in [1.82, 2.24) is 0 Å². The third kappa shape index (κ3) is 1.63. The smallest absolute Gasteiger partial charge is 0.227 e. The van der Waals surface area contributed by atoms with Gasteiger partial charge in [0.1, 0.15) is 5.03 Å². The minimum absolute atomic E-state index is 0.604. The van der Waals surface area contributed by atoms with Crippen molar-refractivity contribution in [1.29, 1.82) is 0 Å². The third-order valence-corrected chi connectivity index (χ3v) is 2.55. The predicted molar refractivity (Wildman–Crippen MR) is 42.4 cm³/mol. The van der Waals surface area contributed by atoms with Gasteiger partial charge in [-0.3, -0.25) is 0 Å². The van der Waals surface area contributed by atoms with Crippen LogP contribution in [0.5, 0.6) is 0 Å². The topological polar surface area (TPSA) is 0 Å². The number of hydrogen-bond acceptors (Lipinski definition) is 0. The molecule has 1 aliphatic rings. The first-order valence-corrected chi connectivity index (χ1v) is 4.13. The van der Waals surface area contributed by atoms with Gasteiger partial charge in [0.2, 0.25) is 5.67 Å². The van der Waals surface area contributed by atoms with Gasteiger partial charge in [-0.1, -0.05) is 29.3 Å². The summed E-state index contributed by atoms with van der Waals surface area (Å²) < 4.78 is 62.5.